The zero-order chi connectivity index (χ0) is 13.8. The minimum absolute atomic E-state index is 0.122. The van der Waals surface area contributed by atoms with Crippen molar-refractivity contribution in [3.05, 3.63) is 64.2 Å². The number of anilines is 1. The normalized spacial score (nSPS) is 10.3. The highest BCUT2D eigenvalue weighted by molar-refractivity contribution is 9.08. The summed E-state index contributed by atoms with van der Waals surface area (Å²) in [5.74, 6) is -0.122. The number of carbonyl (C=O) groups excluding carboxylic acids is 1. The molecule has 1 N–H and O–H groups in total. The van der Waals surface area contributed by atoms with Crippen LogP contribution < -0.4 is 5.32 Å². The molecule has 0 fully saturated rings. The van der Waals surface area contributed by atoms with Gasteiger partial charge in [0, 0.05) is 21.6 Å². The van der Waals surface area contributed by atoms with Gasteiger partial charge in [-0.05, 0) is 48.4 Å². The predicted octanol–water partition coefficient (Wildman–Crippen LogP) is 4.80. The molecule has 2 aromatic rings. The number of halogens is 2. The Labute approximate surface area is 125 Å². The van der Waals surface area contributed by atoms with Crippen molar-refractivity contribution in [3.8, 4) is 0 Å². The molecule has 0 spiro atoms. The number of carbonyl (C=O) groups is 1. The fourth-order valence-electron chi connectivity index (χ4n) is 1.67. The van der Waals surface area contributed by atoms with Gasteiger partial charge in [-0.1, -0.05) is 39.7 Å². The second-order valence-electron chi connectivity index (χ2n) is 4.25. The summed E-state index contributed by atoms with van der Waals surface area (Å²) in [6.45, 7) is 1.91. The van der Waals surface area contributed by atoms with Crippen molar-refractivity contribution >= 4 is 39.1 Å². The molecule has 19 heavy (non-hydrogen) atoms. The van der Waals surface area contributed by atoms with Gasteiger partial charge in [0.1, 0.15) is 0 Å². The van der Waals surface area contributed by atoms with Crippen LogP contribution in [0.25, 0.3) is 0 Å². The number of alkyl halides is 1. The van der Waals surface area contributed by atoms with Gasteiger partial charge in [-0.15, -0.1) is 0 Å². The highest BCUT2D eigenvalue weighted by Crippen LogP contribution is 2.20. The average Bonchev–Trinajstić information content (AvgIpc) is 2.43. The first-order chi connectivity index (χ1) is 9.10. The molecule has 0 radical (unpaired) electrons. The van der Waals surface area contributed by atoms with Gasteiger partial charge in [-0.25, -0.2) is 0 Å². The molecule has 2 nitrogen and oxygen atoms in total. The van der Waals surface area contributed by atoms with Crippen LogP contribution in [-0.4, -0.2) is 5.91 Å². The van der Waals surface area contributed by atoms with Crippen molar-refractivity contribution in [2.45, 2.75) is 12.3 Å². The summed E-state index contributed by atoms with van der Waals surface area (Å²) in [5.41, 5.74) is 3.46. The summed E-state index contributed by atoms with van der Waals surface area (Å²) < 4.78 is 0. The molecule has 0 aromatic heterocycles. The third-order valence-electron chi connectivity index (χ3n) is 2.79. The SMILES string of the molecule is Cc1cc(NC(=O)c2ccc(CBr)cc2)ccc1Cl. The maximum atomic E-state index is 12.1. The zero-order valence-corrected chi connectivity index (χ0v) is 12.8. The second kappa shape index (κ2) is 6.22. The van der Waals surface area contributed by atoms with E-state index in [1.807, 2.05) is 37.3 Å². The second-order valence-corrected chi connectivity index (χ2v) is 5.22. The molecule has 0 saturated heterocycles. The maximum absolute atomic E-state index is 12.1. The summed E-state index contributed by atoms with van der Waals surface area (Å²) in [6.07, 6.45) is 0. The Kier molecular flexibility index (Phi) is 4.61. The molecule has 0 aliphatic carbocycles. The lowest BCUT2D eigenvalue weighted by molar-refractivity contribution is 0.102. The third kappa shape index (κ3) is 3.58. The van der Waals surface area contributed by atoms with Gasteiger partial charge in [0.2, 0.25) is 0 Å². The van der Waals surface area contributed by atoms with Gasteiger partial charge in [-0.2, -0.15) is 0 Å². The van der Waals surface area contributed by atoms with E-state index in [1.165, 1.54) is 0 Å². The minimum atomic E-state index is -0.122. The van der Waals surface area contributed by atoms with E-state index in [2.05, 4.69) is 21.2 Å². The number of nitrogens with one attached hydrogen (secondary N) is 1. The third-order valence-corrected chi connectivity index (χ3v) is 3.86. The van der Waals surface area contributed by atoms with Crippen LogP contribution in [-0.2, 0) is 5.33 Å². The van der Waals surface area contributed by atoms with Crippen molar-refractivity contribution in [2.75, 3.05) is 5.32 Å². The molecule has 0 bridgehead atoms. The summed E-state index contributed by atoms with van der Waals surface area (Å²) in [5, 5.41) is 4.33. The zero-order valence-electron chi connectivity index (χ0n) is 10.4. The van der Waals surface area contributed by atoms with Gasteiger partial charge in [0.15, 0.2) is 0 Å². The molecule has 2 aromatic carbocycles. The fraction of sp³-hybridized carbons (Fsp3) is 0.133. The first-order valence-electron chi connectivity index (χ1n) is 5.82. The van der Waals surface area contributed by atoms with Crippen LogP contribution in [0.1, 0.15) is 21.5 Å². The van der Waals surface area contributed by atoms with E-state index in [0.29, 0.717) is 10.6 Å². The van der Waals surface area contributed by atoms with Gasteiger partial charge in [0.25, 0.3) is 5.91 Å². The summed E-state index contributed by atoms with van der Waals surface area (Å²) in [6, 6.07) is 12.9. The van der Waals surface area contributed by atoms with Crippen molar-refractivity contribution in [1.82, 2.24) is 0 Å². The molecule has 0 heterocycles. The average molecular weight is 339 g/mol. The van der Waals surface area contributed by atoms with Gasteiger partial charge in [0.05, 0.1) is 0 Å². The lowest BCUT2D eigenvalue weighted by atomic mass is 10.1. The number of hydrogen-bond donors (Lipinski definition) is 1. The van der Waals surface area contributed by atoms with Crippen LogP contribution in [0.2, 0.25) is 5.02 Å². The molecule has 2 rings (SSSR count). The summed E-state index contributed by atoms with van der Waals surface area (Å²) in [7, 11) is 0. The van der Waals surface area contributed by atoms with Crippen molar-refractivity contribution < 1.29 is 4.79 Å². The smallest absolute Gasteiger partial charge is 0.255 e. The van der Waals surface area contributed by atoms with E-state index in [4.69, 9.17) is 11.6 Å². The minimum Gasteiger partial charge on any atom is -0.322 e. The highest BCUT2D eigenvalue weighted by Gasteiger charge is 2.06. The van der Waals surface area contributed by atoms with Crippen LogP contribution in [0.4, 0.5) is 5.69 Å². The number of rotatable bonds is 3. The highest BCUT2D eigenvalue weighted by atomic mass is 79.9. The standard InChI is InChI=1S/C15H13BrClNO/c1-10-8-13(6-7-14(10)17)18-15(19)12-4-2-11(9-16)3-5-12/h2-8H,9H2,1H3,(H,18,19). The molecule has 0 atom stereocenters. The predicted molar refractivity (Wildman–Crippen MR) is 83.2 cm³/mol. The number of hydrogen-bond acceptors (Lipinski definition) is 1. The van der Waals surface area contributed by atoms with Crippen LogP contribution in [0.15, 0.2) is 42.5 Å². The van der Waals surface area contributed by atoms with Crippen LogP contribution >= 0.6 is 27.5 Å². The lowest BCUT2D eigenvalue weighted by Gasteiger charge is -2.07. The summed E-state index contributed by atoms with van der Waals surface area (Å²) in [4.78, 5) is 12.1. The van der Waals surface area contributed by atoms with E-state index >= 15 is 0 Å². The molecule has 4 heteroatoms. The molecular formula is C15H13BrClNO. The first kappa shape index (κ1) is 14.1. The summed E-state index contributed by atoms with van der Waals surface area (Å²) >= 11 is 9.32. The van der Waals surface area contributed by atoms with E-state index in [1.54, 1.807) is 12.1 Å². The maximum Gasteiger partial charge on any atom is 0.255 e. The quantitative estimate of drug-likeness (QED) is 0.801. The van der Waals surface area contributed by atoms with Gasteiger partial charge in [-0.3, -0.25) is 4.79 Å². The van der Waals surface area contributed by atoms with Crippen LogP contribution in [0, 0.1) is 6.92 Å². The topological polar surface area (TPSA) is 29.1 Å². The Morgan fingerprint density at radius 1 is 1.21 bits per heavy atom. The Bertz CT molecular complexity index is 596. The Morgan fingerprint density at radius 3 is 2.47 bits per heavy atom. The number of amides is 1. The molecule has 98 valence electrons. The van der Waals surface area contributed by atoms with E-state index in [0.717, 1.165) is 22.1 Å². The van der Waals surface area contributed by atoms with E-state index in [-0.39, 0.29) is 5.91 Å². The van der Waals surface area contributed by atoms with Gasteiger partial charge < -0.3 is 5.32 Å². The van der Waals surface area contributed by atoms with Crippen molar-refractivity contribution in [3.63, 3.8) is 0 Å². The fourth-order valence-corrected chi connectivity index (χ4v) is 2.16. The van der Waals surface area contributed by atoms with E-state index < -0.39 is 0 Å². The van der Waals surface area contributed by atoms with Crippen molar-refractivity contribution in [1.29, 1.82) is 0 Å². The van der Waals surface area contributed by atoms with Crippen LogP contribution in [0.5, 0.6) is 0 Å². The Hall–Kier alpha value is -1.32. The first-order valence-corrected chi connectivity index (χ1v) is 7.32. The van der Waals surface area contributed by atoms with Crippen LogP contribution in [0.3, 0.4) is 0 Å². The monoisotopic (exact) mass is 337 g/mol. The Morgan fingerprint density at radius 2 is 1.89 bits per heavy atom. The largest absolute Gasteiger partial charge is 0.322 e. The number of aryl methyl sites for hydroxylation is 1. The van der Waals surface area contributed by atoms with E-state index in [9.17, 15) is 4.79 Å². The molecule has 0 aliphatic rings. The molecular weight excluding hydrogens is 326 g/mol. The van der Waals surface area contributed by atoms with Gasteiger partial charge >= 0.3 is 0 Å². The lowest BCUT2D eigenvalue weighted by Crippen LogP contribution is -2.11. The molecule has 0 unspecified atom stereocenters. The van der Waals surface area contributed by atoms with Crippen molar-refractivity contribution in [2.24, 2.45) is 0 Å². The Balaban J connectivity index is 2.13. The number of benzene rings is 2. The molecule has 0 aliphatic heterocycles. The molecule has 1 amide bonds. The molecule has 0 saturated carbocycles.